The lowest BCUT2D eigenvalue weighted by Crippen LogP contribution is -2.46. The van der Waals surface area contributed by atoms with Crippen LogP contribution in [0.5, 0.6) is 0 Å². The number of nitrogens with one attached hydrogen (secondary N) is 2. The number of amides is 1. The van der Waals surface area contributed by atoms with E-state index >= 15 is 0 Å². The van der Waals surface area contributed by atoms with Crippen LogP contribution in [-0.2, 0) is 4.79 Å². The molecule has 0 bridgehead atoms. The fourth-order valence-electron chi connectivity index (χ4n) is 5.44. The van der Waals surface area contributed by atoms with Crippen LogP contribution in [0.2, 0.25) is 0 Å². The van der Waals surface area contributed by atoms with E-state index in [1.165, 1.54) is 18.2 Å². The number of fused-ring (bicyclic) bond motifs is 1. The number of aliphatic hydroxyl groups is 1. The largest absolute Gasteiger partial charge is 0.389 e. The second-order valence-corrected chi connectivity index (χ2v) is 9.63. The molecule has 33 heavy (non-hydrogen) atoms. The average molecular weight is 457 g/mol. The van der Waals surface area contributed by atoms with Gasteiger partial charge in [0.15, 0.2) is 0 Å². The van der Waals surface area contributed by atoms with E-state index in [-0.39, 0.29) is 35.6 Å². The Balaban J connectivity index is 1.36. The number of H-pyrrole nitrogens is 1. The molecule has 7 heteroatoms. The highest BCUT2D eigenvalue weighted by molar-refractivity contribution is 5.92. The Morgan fingerprint density at radius 3 is 2.42 bits per heavy atom. The first-order valence-corrected chi connectivity index (χ1v) is 11.6. The molecule has 1 heterocycles. The highest BCUT2D eigenvalue weighted by Crippen LogP contribution is 2.46. The van der Waals surface area contributed by atoms with Crippen molar-refractivity contribution < 1.29 is 23.1 Å². The van der Waals surface area contributed by atoms with Gasteiger partial charge in [-0.2, -0.15) is 0 Å². The van der Waals surface area contributed by atoms with E-state index in [0.29, 0.717) is 42.3 Å². The third-order valence-electron chi connectivity index (χ3n) is 7.18. The molecular formula is C26H27F3N2O2. The standard InChI is InChI=1S/C26H27F3N2O2/c27-17-6-4-15(5-7-17)24-23(20-12-18(28)13-21(29)25(20)31-24)16-10-19(11-16)30-22(32)14-26(33)8-2-1-3-9-26/h4-7,12-13,16,19,31,33H,1-3,8-11,14H2,(H,30,32)/t16-,19-. The molecule has 174 valence electrons. The molecule has 0 spiro atoms. The van der Waals surface area contributed by atoms with E-state index in [4.69, 9.17) is 0 Å². The molecule has 2 fully saturated rings. The summed E-state index contributed by atoms with van der Waals surface area (Å²) in [6.07, 6.45) is 5.65. The molecule has 2 saturated carbocycles. The predicted octanol–water partition coefficient (Wildman–Crippen LogP) is 5.70. The monoisotopic (exact) mass is 456 g/mol. The van der Waals surface area contributed by atoms with Gasteiger partial charge in [0.05, 0.1) is 23.2 Å². The van der Waals surface area contributed by atoms with Gasteiger partial charge in [0.25, 0.3) is 0 Å². The Kier molecular flexibility index (Phi) is 5.69. The smallest absolute Gasteiger partial charge is 0.223 e. The lowest BCUT2D eigenvalue weighted by molar-refractivity contribution is -0.128. The third kappa shape index (κ3) is 4.38. The maximum atomic E-state index is 14.5. The normalized spacial score (nSPS) is 22.2. The number of rotatable bonds is 5. The summed E-state index contributed by atoms with van der Waals surface area (Å²) in [5.74, 6) is -1.87. The minimum atomic E-state index is -0.910. The predicted molar refractivity (Wildman–Crippen MR) is 120 cm³/mol. The molecule has 0 atom stereocenters. The van der Waals surface area contributed by atoms with Crippen LogP contribution in [0, 0.1) is 17.5 Å². The molecule has 3 aromatic rings. The first-order valence-electron chi connectivity index (χ1n) is 11.6. The van der Waals surface area contributed by atoms with Crippen LogP contribution in [0.15, 0.2) is 36.4 Å². The van der Waals surface area contributed by atoms with Crippen molar-refractivity contribution in [2.45, 2.75) is 68.9 Å². The zero-order valence-corrected chi connectivity index (χ0v) is 18.3. The van der Waals surface area contributed by atoms with Gasteiger partial charge in [0.1, 0.15) is 17.5 Å². The third-order valence-corrected chi connectivity index (χ3v) is 7.18. The van der Waals surface area contributed by atoms with Gasteiger partial charge < -0.3 is 15.4 Å². The van der Waals surface area contributed by atoms with E-state index in [1.807, 2.05) is 0 Å². The van der Waals surface area contributed by atoms with E-state index in [9.17, 15) is 23.1 Å². The second kappa shape index (κ2) is 8.52. The minimum Gasteiger partial charge on any atom is -0.389 e. The summed E-state index contributed by atoms with van der Waals surface area (Å²) < 4.78 is 42.0. The van der Waals surface area contributed by atoms with Crippen molar-refractivity contribution in [2.75, 3.05) is 0 Å². The first-order chi connectivity index (χ1) is 15.8. The SMILES string of the molecule is O=C(CC1(O)CCCCC1)N[C@H]1C[C@H](c2c(-c3ccc(F)cc3)[nH]c3c(F)cc(F)cc32)C1. The van der Waals surface area contributed by atoms with E-state index < -0.39 is 17.2 Å². The first kappa shape index (κ1) is 22.0. The number of carbonyl (C=O) groups is 1. The summed E-state index contributed by atoms with van der Waals surface area (Å²) in [6.45, 7) is 0. The molecule has 1 amide bonds. The minimum absolute atomic E-state index is 0.0110. The topological polar surface area (TPSA) is 65.1 Å². The van der Waals surface area contributed by atoms with Crippen LogP contribution >= 0.6 is 0 Å². The zero-order chi connectivity index (χ0) is 23.2. The van der Waals surface area contributed by atoms with Crippen molar-refractivity contribution >= 4 is 16.8 Å². The number of benzene rings is 2. The Bertz CT molecular complexity index is 1180. The molecule has 2 aliphatic rings. The molecule has 3 N–H and O–H groups in total. The Morgan fingerprint density at radius 1 is 1.03 bits per heavy atom. The number of hydrogen-bond acceptors (Lipinski definition) is 2. The van der Waals surface area contributed by atoms with Gasteiger partial charge in [-0.05, 0) is 73.1 Å². The Labute approximate surface area is 190 Å². The number of hydrogen-bond donors (Lipinski definition) is 3. The maximum absolute atomic E-state index is 14.5. The van der Waals surface area contributed by atoms with Crippen LogP contribution in [0.3, 0.4) is 0 Å². The fraction of sp³-hybridized carbons (Fsp3) is 0.423. The molecular weight excluding hydrogens is 429 g/mol. The van der Waals surface area contributed by atoms with Crippen LogP contribution in [0.4, 0.5) is 13.2 Å². The second-order valence-electron chi connectivity index (χ2n) is 9.63. The molecule has 1 aromatic heterocycles. The van der Waals surface area contributed by atoms with Crippen molar-refractivity contribution in [3.05, 3.63) is 59.4 Å². The molecule has 0 unspecified atom stereocenters. The van der Waals surface area contributed by atoms with Gasteiger partial charge in [-0.15, -0.1) is 0 Å². The summed E-state index contributed by atoms with van der Waals surface area (Å²) in [5.41, 5.74) is 1.42. The lowest BCUT2D eigenvalue weighted by Gasteiger charge is -2.38. The molecule has 2 aromatic carbocycles. The van der Waals surface area contributed by atoms with Crippen molar-refractivity contribution in [1.29, 1.82) is 0 Å². The molecule has 0 aliphatic heterocycles. The summed E-state index contributed by atoms with van der Waals surface area (Å²) in [6, 6.07) is 8.00. The van der Waals surface area contributed by atoms with Crippen LogP contribution < -0.4 is 5.32 Å². The quantitative estimate of drug-likeness (QED) is 0.461. The van der Waals surface area contributed by atoms with Crippen molar-refractivity contribution in [1.82, 2.24) is 10.3 Å². The van der Waals surface area contributed by atoms with Crippen LogP contribution in [0.25, 0.3) is 22.2 Å². The van der Waals surface area contributed by atoms with Crippen molar-refractivity contribution in [2.24, 2.45) is 0 Å². The number of carbonyl (C=O) groups excluding carboxylic acids is 1. The maximum Gasteiger partial charge on any atom is 0.223 e. The molecule has 5 rings (SSSR count). The van der Waals surface area contributed by atoms with E-state index in [1.54, 1.807) is 12.1 Å². The number of aromatic nitrogens is 1. The number of aromatic amines is 1. The Hall–Kier alpha value is -2.80. The molecule has 0 radical (unpaired) electrons. The van der Waals surface area contributed by atoms with E-state index in [2.05, 4.69) is 10.3 Å². The molecule has 0 saturated heterocycles. The average Bonchev–Trinajstić information content (AvgIpc) is 3.10. The van der Waals surface area contributed by atoms with Gasteiger partial charge >= 0.3 is 0 Å². The van der Waals surface area contributed by atoms with Crippen LogP contribution in [0.1, 0.15) is 62.8 Å². The van der Waals surface area contributed by atoms with Crippen LogP contribution in [-0.4, -0.2) is 27.6 Å². The zero-order valence-electron chi connectivity index (χ0n) is 18.3. The summed E-state index contributed by atoms with van der Waals surface area (Å²) >= 11 is 0. The van der Waals surface area contributed by atoms with Gasteiger partial charge in [0.2, 0.25) is 5.91 Å². The van der Waals surface area contributed by atoms with Crippen molar-refractivity contribution in [3.8, 4) is 11.3 Å². The van der Waals surface area contributed by atoms with Gasteiger partial charge in [-0.25, -0.2) is 13.2 Å². The number of halogens is 3. The molecule has 4 nitrogen and oxygen atoms in total. The van der Waals surface area contributed by atoms with Crippen molar-refractivity contribution in [3.63, 3.8) is 0 Å². The Morgan fingerprint density at radius 2 is 1.73 bits per heavy atom. The highest BCUT2D eigenvalue weighted by atomic mass is 19.1. The summed E-state index contributed by atoms with van der Waals surface area (Å²) in [4.78, 5) is 15.6. The lowest BCUT2D eigenvalue weighted by atomic mass is 9.74. The van der Waals surface area contributed by atoms with E-state index in [0.717, 1.165) is 30.9 Å². The summed E-state index contributed by atoms with van der Waals surface area (Å²) in [5, 5.41) is 14.1. The fourth-order valence-corrected chi connectivity index (χ4v) is 5.44. The van der Waals surface area contributed by atoms with Gasteiger partial charge in [0, 0.05) is 17.5 Å². The van der Waals surface area contributed by atoms with Gasteiger partial charge in [-0.1, -0.05) is 19.3 Å². The highest BCUT2D eigenvalue weighted by Gasteiger charge is 2.37. The van der Waals surface area contributed by atoms with Gasteiger partial charge in [-0.3, -0.25) is 4.79 Å². The molecule has 2 aliphatic carbocycles. The summed E-state index contributed by atoms with van der Waals surface area (Å²) in [7, 11) is 0.